The van der Waals surface area contributed by atoms with E-state index in [-0.39, 0.29) is 0 Å². The maximum absolute atomic E-state index is 4.42. The first kappa shape index (κ1) is 17.5. The molecule has 0 saturated heterocycles. The second-order valence-corrected chi connectivity index (χ2v) is 6.95. The average molecular weight is 306 g/mol. The van der Waals surface area contributed by atoms with Gasteiger partial charge in [0.25, 0.3) is 0 Å². The molecule has 0 saturated carbocycles. The molecule has 0 aromatic rings. The van der Waals surface area contributed by atoms with E-state index in [4.69, 9.17) is 0 Å². The van der Waals surface area contributed by atoms with Gasteiger partial charge in [-0.05, 0) is 61.3 Å². The molecule has 0 aromatic heterocycles. The fourth-order valence-corrected chi connectivity index (χ4v) is 3.61. The van der Waals surface area contributed by atoms with E-state index < -0.39 is 0 Å². The Bertz CT molecular complexity index is 658. The summed E-state index contributed by atoms with van der Waals surface area (Å²) in [7, 11) is 0. The SMILES string of the molecule is C=CC1C(C)=CC=C(C(=CC)C(=C)C2=CCC(C)C(C)=C2)C1C. The average Bonchev–Trinajstić information content (AvgIpc) is 2.53. The van der Waals surface area contributed by atoms with Gasteiger partial charge in [-0.3, -0.25) is 0 Å². The van der Waals surface area contributed by atoms with E-state index in [1.54, 1.807) is 0 Å². The maximum atomic E-state index is 4.42. The molecule has 3 unspecified atom stereocenters. The summed E-state index contributed by atoms with van der Waals surface area (Å²) in [6, 6.07) is 0. The summed E-state index contributed by atoms with van der Waals surface area (Å²) in [4.78, 5) is 0. The summed E-state index contributed by atoms with van der Waals surface area (Å²) in [6.45, 7) is 19.6. The lowest BCUT2D eigenvalue weighted by atomic mass is 9.74. The third-order valence-corrected chi connectivity index (χ3v) is 5.46. The van der Waals surface area contributed by atoms with Gasteiger partial charge in [0.15, 0.2) is 0 Å². The van der Waals surface area contributed by atoms with Crippen LogP contribution in [0.5, 0.6) is 0 Å². The summed E-state index contributed by atoms with van der Waals surface area (Å²) in [5, 5.41) is 0. The first-order valence-corrected chi connectivity index (χ1v) is 8.66. The van der Waals surface area contributed by atoms with Crippen molar-refractivity contribution in [3.8, 4) is 0 Å². The van der Waals surface area contributed by atoms with Crippen molar-refractivity contribution < 1.29 is 0 Å². The number of hydrogen-bond acceptors (Lipinski definition) is 0. The lowest BCUT2D eigenvalue weighted by Gasteiger charge is -2.31. The van der Waals surface area contributed by atoms with Crippen LogP contribution in [0.3, 0.4) is 0 Å². The van der Waals surface area contributed by atoms with Gasteiger partial charge in [-0.2, -0.15) is 0 Å². The van der Waals surface area contributed by atoms with Crippen LogP contribution in [0.2, 0.25) is 0 Å². The smallest absolute Gasteiger partial charge is 0.00407 e. The maximum Gasteiger partial charge on any atom is 0.00407 e. The highest BCUT2D eigenvalue weighted by atomic mass is 14.3. The monoisotopic (exact) mass is 306 g/mol. The first-order valence-electron chi connectivity index (χ1n) is 8.66. The topological polar surface area (TPSA) is 0 Å². The normalized spacial score (nSPS) is 28.4. The predicted octanol–water partition coefficient (Wildman–Crippen LogP) is 6.73. The van der Waals surface area contributed by atoms with Crippen molar-refractivity contribution in [1.82, 2.24) is 0 Å². The van der Waals surface area contributed by atoms with E-state index in [9.17, 15) is 0 Å². The summed E-state index contributed by atoms with van der Waals surface area (Å²) >= 11 is 0. The minimum absolute atomic E-state index is 0.412. The summed E-state index contributed by atoms with van der Waals surface area (Å²) < 4.78 is 0. The molecule has 23 heavy (non-hydrogen) atoms. The molecule has 0 fully saturated rings. The van der Waals surface area contributed by atoms with Crippen molar-refractivity contribution in [2.75, 3.05) is 0 Å². The van der Waals surface area contributed by atoms with Crippen LogP contribution < -0.4 is 0 Å². The zero-order chi connectivity index (χ0) is 17.1. The summed E-state index contributed by atoms with van der Waals surface area (Å²) in [5.74, 6) is 1.49. The Hall–Kier alpha value is -1.82. The van der Waals surface area contributed by atoms with E-state index in [0.29, 0.717) is 17.8 Å². The van der Waals surface area contributed by atoms with Crippen LogP contribution in [0.1, 0.15) is 41.0 Å². The molecule has 122 valence electrons. The quantitative estimate of drug-likeness (QED) is 0.399. The van der Waals surface area contributed by atoms with Crippen molar-refractivity contribution in [1.29, 1.82) is 0 Å². The molecular weight excluding hydrogens is 276 g/mol. The molecule has 0 radical (unpaired) electrons. The number of allylic oxidation sites excluding steroid dienone is 12. The van der Waals surface area contributed by atoms with Gasteiger partial charge in [-0.25, -0.2) is 0 Å². The highest BCUT2D eigenvalue weighted by Gasteiger charge is 2.26. The largest absolute Gasteiger partial charge is 0.102 e. The van der Waals surface area contributed by atoms with Gasteiger partial charge in [0.05, 0.1) is 0 Å². The predicted molar refractivity (Wildman–Crippen MR) is 103 cm³/mol. The molecule has 0 aliphatic heterocycles. The molecular formula is C23H30. The van der Waals surface area contributed by atoms with Crippen molar-refractivity contribution >= 4 is 0 Å². The van der Waals surface area contributed by atoms with E-state index >= 15 is 0 Å². The van der Waals surface area contributed by atoms with Crippen molar-refractivity contribution in [2.45, 2.75) is 41.0 Å². The van der Waals surface area contributed by atoms with Crippen LogP contribution >= 0.6 is 0 Å². The van der Waals surface area contributed by atoms with Gasteiger partial charge >= 0.3 is 0 Å². The Morgan fingerprint density at radius 2 is 1.87 bits per heavy atom. The Kier molecular flexibility index (Phi) is 5.46. The minimum Gasteiger partial charge on any atom is -0.102 e. The van der Waals surface area contributed by atoms with E-state index in [0.717, 1.165) is 12.0 Å². The third kappa shape index (κ3) is 3.42. The minimum atomic E-state index is 0.412. The molecule has 3 atom stereocenters. The van der Waals surface area contributed by atoms with Crippen molar-refractivity contribution in [3.05, 3.63) is 83.1 Å². The Labute approximate surface area is 142 Å². The Morgan fingerprint density at radius 3 is 2.43 bits per heavy atom. The van der Waals surface area contributed by atoms with E-state index in [1.165, 1.54) is 27.9 Å². The molecule has 0 N–H and O–H groups in total. The van der Waals surface area contributed by atoms with Crippen LogP contribution in [0.15, 0.2) is 83.1 Å². The third-order valence-electron chi connectivity index (χ3n) is 5.46. The highest BCUT2D eigenvalue weighted by Crippen LogP contribution is 2.40. The summed E-state index contributed by atoms with van der Waals surface area (Å²) in [6.07, 6.45) is 14.5. The molecule has 0 heteroatoms. The lowest BCUT2D eigenvalue weighted by molar-refractivity contribution is 0.550. The molecule has 2 rings (SSSR count). The van der Waals surface area contributed by atoms with Crippen LogP contribution in [0.4, 0.5) is 0 Å². The van der Waals surface area contributed by atoms with E-state index in [1.807, 2.05) is 0 Å². The van der Waals surface area contributed by atoms with Crippen LogP contribution in [0, 0.1) is 17.8 Å². The molecule has 0 spiro atoms. The van der Waals surface area contributed by atoms with Crippen LogP contribution in [-0.2, 0) is 0 Å². The molecule has 0 amide bonds. The van der Waals surface area contributed by atoms with Crippen LogP contribution in [0.25, 0.3) is 0 Å². The first-order chi connectivity index (χ1) is 10.9. The molecule has 0 bridgehead atoms. The molecule has 2 aliphatic rings. The molecule has 2 aliphatic carbocycles. The van der Waals surface area contributed by atoms with Gasteiger partial charge in [0.1, 0.15) is 0 Å². The van der Waals surface area contributed by atoms with E-state index in [2.05, 4.69) is 84.2 Å². The fourth-order valence-electron chi connectivity index (χ4n) is 3.61. The van der Waals surface area contributed by atoms with Gasteiger partial charge < -0.3 is 0 Å². The van der Waals surface area contributed by atoms with Crippen LogP contribution in [-0.4, -0.2) is 0 Å². The van der Waals surface area contributed by atoms with Gasteiger partial charge in [-0.1, -0.05) is 68.0 Å². The van der Waals surface area contributed by atoms with Gasteiger partial charge in [0, 0.05) is 5.92 Å². The van der Waals surface area contributed by atoms with Gasteiger partial charge in [-0.15, -0.1) is 6.58 Å². The number of hydrogen-bond donors (Lipinski definition) is 0. The van der Waals surface area contributed by atoms with Gasteiger partial charge in [0.2, 0.25) is 0 Å². The van der Waals surface area contributed by atoms with Crippen molar-refractivity contribution in [2.24, 2.45) is 17.8 Å². The second kappa shape index (κ2) is 7.17. The zero-order valence-corrected chi connectivity index (χ0v) is 15.3. The standard InChI is InChI=1S/C23H30/c1-8-21-16(4)11-13-23(19(21)7)22(9-2)18(6)20-12-10-15(3)17(5)14-20/h8-9,11-15,19,21H,1,6,10H2,2-5,7H3. The second-order valence-electron chi connectivity index (χ2n) is 6.95. The summed E-state index contributed by atoms with van der Waals surface area (Å²) in [5.41, 5.74) is 7.91. The Balaban J connectivity index is 2.35. The lowest BCUT2D eigenvalue weighted by Crippen LogP contribution is -2.18. The van der Waals surface area contributed by atoms with Crippen molar-refractivity contribution in [3.63, 3.8) is 0 Å². The molecule has 0 nitrogen and oxygen atoms in total. The fraction of sp³-hybridized carbons (Fsp3) is 0.391. The molecule has 0 heterocycles. The molecule has 0 aromatic carbocycles. The highest BCUT2D eigenvalue weighted by molar-refractivity contribution is 5.61. The Morgan fingerprint density at radius 1 is 1.17 bits per heavy atom. The number of rotatable bonds is 4. The zero-order valence-electron chi connectivity index (χ0n) is 15.3.